The van der Waals surface area contributed by atoms with Gasteiger partial charge in [-0.1, -0.05) is 0 Å². The fourth-order valence-corrected chi connectivity index (χ4v) is 6.03. The first-order valence-electron chi connectivity index (χ1n) is 10.2. The molecule has 0 spiro atoms. The number of fused-ring (bicyclic) bond motifs is 2. The van der Waals surface area contributed by atoms with Crippen molar-refractivity contribution in [3.63, 3.8) is 0 Å². The van der Waals surface area contributed by atoms with Crippen molar-refractivity contribution in [2.24, 2.45) is 0 Å². The molecule has 2 aliphatic heterocycles. The van der Waals surface area contributed by atoms with Gasteiger partial charge in [0.25, 0.3) is 5.91 Å². The Bertz CT molecular complexity index is 1050. The summed E-state index contributed by atoms with van der Waals surface area (Å²) in [4.78, 5) is 56.9. The van der Waals surface area contributed by atoms with Crippen LogP contribution in [0.2, 0.25) is 0 Å². The van der Waals surface area contributed by atoms with Gasteiger partial charge in [0.2, 0.25) is 17.7 Å². The molecule has 3 fully saturated rings. The number of carbonyl (C=O) groups excluding carboxylic acids is 4. The number of nitrogens with one attached hydrogen (secondary N) is 1. The van der Waals surface area contributed by atoms with Gasteiger partial charge in [0, 0.05) is 37.2 Å². The molecule has 4 amide bonds. The molecule has 2 atom stereocenters. The number of hydrogen-bond acceptors (Lipinski definition) is 6. The zero-order chi connectivity index (χ0) is 20.9. The number of aromatic nitrogens is 1. The molecular formula is C21H22N4O4S. The molecule has 3 aliphatic rings. The molecule has 2 aromatic heterocycles. The van der Waals surface area contributed by atoms with E-state index in [1.807, 2.05) is 11.4 Å². The summed E-state index contributed by atoms with van der Waals surface area (Å²) in [5, 5.41) is 6.12. The summed E-state index contributed by atoms with van der Waals surface area (Å²) in [6.07, 6.45) is 6.89. The Labute approximate surface area is 177 Å². The molecule has 0 aromatic carbocycles. The van der Waals surface area contributed by atoms with Gasteiger partial charge in [-0.3, -0.25) is 29.1 Å². The van der Waals surface area contributed by atoms with Gasteiger partial charge < -0.3 is 10.2 Å². The lowest BCUT2D eigenvalue weighted by Crippen LogP contribution is -2.55. The van der Waals surface area contributed by atoms with E-state index in [-0.39, 0.29) is 49.1 Å². The van der Waals surface area contributed by atoms with Crippen molar-refractivity contribution in [1.29, 1.82) is 0 Å². The highest BCUT2D eigenvalue weighted by atomic mass is 32.1. The topological polar surface area (TPSA) is 99.7 Å². The number of carbonyl (C=O) groups is 4. The van der Waals surface area contributed by atoms with Crippen LogP contribution in [0.25, 0.3) is 10.1 Å². The van der Waals surface area contributed by atoms with Gasteiger partial charge in [-0.05, 0) is 37.1 Å². The molecular weight excluding hydrogens is 404 g/mol. The van der Waals surface area contributed by atoms with Crippen molar-refractivity contribution in [3.05, 3.63) is 29.4 Å². The minimum absolute atomic E-state index is 0.114. The average molecular weight is 426 g/mol. The summed E-state index contributed by atoms with van der Waals surface area (Å²) >= 11 is 1.51. The standard InChI is InChI=1S/C21H22N4O4S/c26-16-3-4-17(27)25(16)12-18(28)24-8-7-21(6-1-2-15(21)24)23-20(29)14-11-22-10-13-5-9-30-19(13)14/h5,9-11,15H,1-4,6-8,12H2,(H,23,29). The number of likely N-dealkylation sites (tertiary alicyclic amines) is 2. The van der Waals surface area contributed by atoms with Gasteiger partial charge in [0.05, 0.1) is 21.8 Å². The third kappa shape index (κ3) is 2.99. The molecule has 9 heteroatoms. The van der Waals surface area contributed by atoms with Crippen molar-refractivity contribution < 1.29 is 19.2 Å². The first-order chi connectivity index (χ1) is 14.5. The van der Waals surface area contributed by atoms with Crippen LogP contribution in [0, 0.1) is 0 Å². The number of thiophene rings is 1. The molecule has 1 aliphatic carbocycles. The Morgan fingerprint density at radius 2 is 2.00 bits per heavy atom. The number of imide groups is 1. The van der Waals surface area contributed by atoms with Crippen LogP contribution < -0.4 is 5.32 Å². The van der Waals surface area contributed by atoms with Crippen molar-refractivity contribution in [1.82, 2.24) is 20.1 Å². The third-order valence-corrected chi connectivity index (χ3v) is 7.61. The van der Waals surface area contributed by atoms with Crippen LogP contribution >= 0.6 is 11.3 Å². The average Bonchev–Trinajstić information content (AvgIpc) is 3.48. The van der Waals surface area contributed by atoms with E-state index in [2.05, 4.69) is 10.3 Å². The molecule has 156 valence electrons. The summed E-state index contributed by atoms with van der Waals surface area (Å²) < 4.78 is 0.908. The van der Waals surface area contributed by atoms with Gasteiger partial charge in [-0.25, -0.2) is 0 Å². The van der Waals surface area contributed by atoms with Crippen LogP contribution in [-0.2, 0) is 14.4 Å². The first-order valence-corrected chi connectivity index (χ1v) is 11.1. The normalized spacial score (nSPS) is 25.9. The summed E-state index contributed by atoms with van der Waals surface area (Å²) in [5.74, 6) is -0.949. The van der Waals surface area contributed by atoms with E-state index in [1.54, 1.807) is 17.3 Å². The van der Waals surface area contributed by atoms with Crippen molar-refractivity contribution >= 4 is 45.1 Å². The zero-order valence-electron chi connectivity index (χ0n) is 16.4. The lowest BCUT2D eigenvalue weighted by atomic mass is 9.92. The highest BCUT2D eigenvalue weighted by Crippen LogP contribution is 2.42. The summed E-state index contributed by atoms with van der Waals surface area (Å²) in [6.45, 7) is 0.318. The molecule has 30 heavy (non-hydrogen) atoms. The highest BCUT2D eigenvalue weighted by Gasteiger charge is 2.53. The van der Waals surface area contributed by atoms with E-state index in [1.165, 1.54) is 11.3 Å². The lowest BCUT2D eigenvalue weighted by molar-refractivity contribution is -0.146. The van der Waals surface area contributed by atoms with E-state index in [0.717, 1.165) is 34.2 Å². The fraction of sp³-hybridized carbons (Fsp3) is 0.476. The van der Waals surface area contributed by atoms with Gasteiger partial charge in [-0.15, -0.1) is 11.3 Å². The number of rotatable bonds is 4. The maximum atomic E-state index is 13.1. The summed E-state index contributed by atoms with van der Waals surface area (Å²) in [6, 6.07) is 1.83. The van der Waals surface area contributed by atoms with Crippen molar-refractivity contribution in [3.8, 4) is 0 Å². The highest BCUT2D eigenvalue weighted by molar-refractivity contribution is 7.17. The fourth-order valence-electron chi connectivity index (χ4n) is 5.15. The Balaban J connectivity index is 1.34. The van der Waals surface area contributed by atoms with E-state index < -0.39 is 5.54 Å². The SMILES string of the molecule is O=C(NC12CCCC1N(C(=O)CN1C(=O)CCC1=O)CC2)c1cncc2ccsc12. The van der Waals surface area contributed by atoms with Gasteiger partial charge in [0.1, 0.15) is 6.54 Å². The van der Waals surface area contributed by atoms with Crippen LogP contribution in [0.4, 0.5) is 0 Å². The van der Waals surface area contributed by atoms with Crippen LogP contribution in [0.1, 0.15) is 48.9 Å². The molecule has 0 radical (unpaired) electrons. The van der Waals surface area contributed by atoms with Gasteiger partial charge in [0.15, 0.2) is 0 Å². The second-order valence-electron chi connectivity index (χ2n) is 8.26. The predicted octanol–water partition coefficient (Wildman–Crippen LogP) is 1.70. The second kappa shape index (κ2) is 7.16. The molecule has 2 aromatic rings. The third-order valence-electron chi connectivity index (χ3n) is 6.65. The van der Waals surface area contributed by atoms with E-state index in [0.29, 0.717) is 18.5 Å². The molecule has 2 saturated heterocycles. The Hall–Kier alpha value is -2.81. The molecule has 1 saturated carbocycles. The lowest BCUT2D eigenvalue weighted by Gasteiger charge is -2.33. The molecule has 8 nitrogen and oxygen atoms in total. The second-order valence-corrected chi connectivity index (χ2v) is 9.17. The Kier molecular flexibility index (Phi) is 4.57. The molecule has 1 N–H and O–H groups in total. The van der Waals surface area contributed by atoms with E-state index >= 15 is 0 Å². The summed E-state index contributed by atoms with van der Waals surface area (Å²) in [7, 11) is 0. The predicted molar refractivity (Wildman–Crippen MR) is 110 cm³/mol. The summed E-state index contributed by atoms with van der Waals surface area (Å²) in [5.41, 5.74) is 0.0890. The molecule has 2 unspecified atom stereocenters. The van der Waals surface area contributed by atoms with Crippen LogP contribution in [0.3, 0.4) is 0 Å². The number of hydrogen-bond donors (Lipinski definition) is 1. The minimum atomic E-state index is -0.467. The molecule has 0 bridgehead atoms. The maximum absolute atomic E-state index is 13.1. The Morgan fingerprint density at radius 3 is 2.80 bits per heavy atom. The quantitative estimate of drug-likeness (QED) is 0.750. The number of amides is 4. The van der Waals surface area contributed by atoms with Crippen LogP contribution in [0.15, 0.2) is 23.8 Å². The monoisotopic (exact) mass is 426 g/mol. The maximum Gasteiger partial charge on any atom is 0.254 e. The molecule has 4 heterocycles. The van der Waals surface area contributed by atoms with Crippen molar-refractivity contribution in [2.75, 3.05) is 13.1 Å². The minimum Gasteiger partial charge on any atom is -0.344 e. The smallest absolute Gasteiger partial charge is 0.254 e. The van der Waals surface area contributed by atoms with E-state index in [4.69, 9.17) is 0 Å². The van der Waals surface area contributed by atoms with Crippen LogP contribution in [0.5, 0.6) is 0 Å². The van der Waals surface area contributed by atoms with Crippen molar-refractivity contribution in [2.45, 2.75) is 50.1 Å². The van der Waals surface area contributed by atoms with Crippen LogP contribution in [-0.4, -0.2) is 63.1 Å². The Morgan fingerprint density at radius 1 is 1.20 bits per heavy atom. The van der Waals surface area contributed by atoms with Gasteiger partial charge in [-0.2, -0.15) is 0 Å². The van der Waals surface area contributed by atoms with E-state index in [9.17, 15) is 19.2 Å². The largest absolute Gasteiger partial charge is 0.344 e. The number of nitrogens with zero attached hydrogens (tertiary/aromatic N) is 3. The number of pyridine rings is 1. The van der Waals surface area contributed by atoms with Gasteiger partial charge >= 0.3 is 0 Å². The molecule has 5 rings (SSSR count). The zero-order valence-corrected chi connectivity index (χ0v) is 17.2. The first kappa shape index (κ1) is 19.2.